The van der Waals surface area contributed by atoms with E-state index in [1.807, 2.05) is 6.92 Å². The summed E-state index contributed by atoms with van der Waals surface area (Å²) in [5.41, 5.74) is 2.93. The minimum absolute atomic E-state index is 0.0600. The third kappa shape index (κ3) is 4.12. The minimum atomic E-state index is -3.46. The second-order valence-electron chi connectivity index (χ2n) is 9.48. The molecule has 0 radical (unpaired) electrons. The second kappa shape index (κ2) is 8.36. The maximum Gasteiger partial charge on any atom is 0.338 e. The van der Waals surface area contributed by atoms with Crippen molar-refractivity contribution in [1.29, 1.82) is 0 Å². The molecule has 1 aromatic carbocycles. The molecule has 0 aliphatic carbocycles. The van der Waals surface area contributed by atoms with E-state index in [-0.39, 0.29) is 28.2 Å². The van der Waals surface area contributed by atoms with Gasteiger partial charge in [-0.1, -0.05) is 17.4 Å². The summed E-state index contributed by atoms with van der Waals surface area (Å²) < 4.78 is 28.4. The highest BCUT2D eigenvalue weighted by Crippen LogP contribution is 2.43. The number of anilines is 1. The maximum atomic E-state index is 12.7. The summed E-state index contributed by atoms with van der Waals surface area (Å²) in [5.74, 6) is -0.378. The molecule has 3 aliphatic heterocycles. The fraction of sp³-hybridized carbons (Fsp3) is 0.545. The third-order valence-corrected chi connectivity index (χ3v) is 9.79. The van der Waals surface area contributed by atoms with Gasteiger partial charge in [-0.25, -0.2) is 13.2 Å². The lowest BCUT2D eigenvalue weighted by Gasteiger charge is -2.39. The Labute approximate surface area is 201 Å². The van der Waals surface area contributed by atoms with Gasteiger partial charge in [0.15, 0.2) is 0 Å². The van der Waals surface area contributed by atoms with E-state index in [0.717, 1.165) is 60.2 Å². The Bertz CT molecular complexity index is 1270. The lowest BCUT2D eigenvalue weighted by Crippen LogP contribution is -2.43. The lowest BCUT2D eigenvalue weighted by molar-refractivity contribution is -0.118. The average Bonchev–Trinajstić information content (AvgIpc) is 3.48. The molecule has 4 heterocycles. The first kappa shape index (κ1) is 23.3. The summed E-state index contributed by atoms with van der Waals surface area (Å²) in [6, 6.07) is 3.53. The normalized spacial score (nSPS) is 21.2. The zero-order valence-electron chi connectivity index (χ0n) is 19.0. The molecular weight excluding hydrogens is 480 g/mol. The molecule has 2 fully saturated rings. The van der Waals surface area contributed by atoms with Crippen molar-refractivity contribution < 1.29 is 27.9 Å². The smallest absolute Gasteiger partial charge is 0.338 e. The van der Waals surface area contributed by atoms with Crippen LogP contribution in [0.3, 0.4) is 0 Å². The number of hydrogen-bond donors (Lipinski definition) is 1. The van der Waals surface area contributed by atoms with Gasteiger partial charge < -0.3 is 14.7 Å². The van der Waals surface area contributed by atoms with Gasteiger partial charge in [0.05, 0.1) is 11.7 Å². The summed E-state index contributed by atoms with van der Waals surface area (Å²) in [6.45, 7) is 4.61. The van der Waals surface area contributed by atoms with Gasteiger partial charge in [-0.2, -0.15) is 0 Å². The number of aliphatic hydroxyl groups is 1. The van der Waals surface area contributed by atoms with Crippen molar-refractivity contribution in [2.45, 2.75) is 43.2 Å². The van der Waals surface area contributed by atoms with Crippen molar-refractivity contribution in [2.75, 3.05) is 37.3 Å². The van der Waals surface area contributed by atoms with Crippen molar-refractivity contribution in [2.24, 2.45) is 5.41 Å². The largest absolute Gasteiger partial charge is 0.457 e. The third-order valence-electron chi connectivity index (χ3n) is 7.18. The number of ether oxygens (including phenoxy) is 1. The molecule has 2 saturated heterocycles. The molecule has 0 saturated carbocycles. The Morgan fingerprint density at radius 2 is 1.97 bits per heavy atom. The number of rotatable bonds is 5. The number of carbonyl (C=O) groups is 2. The van der Waals surface area contributed by atoms with Gasteiger partial charge in [0.1, 0.15) is 6.61 Å². The topological polar surface area (TPSA) is 130 Å². The van der Waals surface area contributed by atoms with Crippen molar-refractivity contribution >= 4 is 38.2 Å². The summed E-state index contributed by atoms with van der Waals surface area (Å²) >= 11 is 0.926. The number of benzene rings is 1. The van der Waals surface area contributed by atoms with Crippen molar-refractivity contribution in [3.05, 3.63) is 34.4 Å². The van der Waals surface area contributed by atoms with Crippen molar-refractivity contribution in [3.8, 4) is 0 Å². The van der Waals surface area contributed by atoms with Crippen molar-refractivity contribution in [3.63, 3.8) is 0 Å². The Balaban J connectivity index is 1.22. The van der Waals surface area contributed by atoms with Gasteiger partial charge in [0.2, 0.25) is 25.2 Å². The molecular formula is C22H26N4O6S2. The summed E-state index contributed by atoms with van der Waals surface area (Å²) in [7, 11) is -3.46. The molecule has 1 amide bonds. The number of piperidine rings is 1. The number of carbonyl (C=O) groups excluding carboxylic acids is 2. The highest BCUT2D eigenvalue weighted by atomic mass is 32.2. The SMILES string of the molecule is Cc1c(C(O)CN2CCC3(CC2)CC(=O)N(c2nnc(S(C)(=O)=O)s2)C3)ccc2c1COC2=O. The lowest BCUT2D eigenvalue weighted by atomic mass is 9.77. The van der Waals surface area contributed by atoms with Crippen LogP contribution in [-0.2, 0) is 26.0 Å². The van der Waals surface area contributed by atoms with E-state index in [1.165, 1.54) is 0 Å². The quantitative estimate of drug-likeness (QED) is 0.473. The molecule has 1 spiro atoms. The Hall–Kier alpha value is -2.41. The maximum absolute atomic E-state index is 12.7. The Kier molecular flexibility index (Phi) is 5.74. The van der Waals surface area contributed by atoms with Crippen LogP contribution in [0.1, 0.15) is 52.4 Å². The number of likely N-dealkylation sites (tertiary alicyclic amines) is 1. The van der Waals surface area contributed by atoms with Gasteiger partial charge in [0, 0.05) is 31.3 Å². The Morgan fingerprint density at radius 1 is 1.24 bits per heavy atom. The van der Waals surface area contributed by atoms with Crippen LogP contribution in [0.4, 0.5) is 5.13 Å². The standard InChI is InChI=1S/C22H26N4O6S2/c1-13-14(3-4-15-16(13)11-32-19(15)29)17(27)10-25-7-5-22(6-8-25)9-18(28)26(12-22)20-23-24-21(33-20)34(2,30)31/h3-4,17,27H,5-12H2,1-2H3. The van der Waals surface area contributed by atoms with Crippen LogP contribution < -0.4 is 4.90 Å². The average molecular weight is 507 g/mol. The summed E-state index contributed by atoms with van der Waals surface area (Å²) in [5, 5.41) is 18.9. The highest BCUT2D eigenvalue weighted by Gasteiger charge is 2.46. The number of sulfone groups is 1. The molecule has 34 heavy (non-hydrogen) atoms. The van der Waals surface area contributed by atoms with Gasteiger partial charge in [0.25, 0.3) is 0 Å². The number of aliphatic hydroxyl groups excluding tert-OH is 1. The van der Waals surface area contributed by atoms with E-state index in [1.54, 1.807) is 17.0 Å². The molecule has 5 rings (SSSR count). The molecule has 10 nitrogen and oxygen atoms in total. The zero-order valence-corrected chi connectivity index (χ0v) is 20.6. The number of β-amino-alcohol motifs (C(OH)–C–C–N with tert-alkyl or cyclic N) is 1. The van der Waals surface area contributed by atoms with Crippen LogP contribution >= 0.6 is 11.3 Å². The van der Waals surface area contributed by atoms with Gasteiger partial charge in [-0.05, 0) is 55.5 Å². The van der Waals surface area contributed by atoms with E-state index in [9.17, 15) is 23.1 Å². The van der Waals surface area contributed by atoms with Gasteiger partial charge in [-0.15, -0.1) is 10.2 Å². The second-order valence-corrected chi connectivity index (χ2v) is 12.6. The molecule has 1 aromatic heterocycles. The minimum Gasteiger partial charge on any atom is -0.457 e. The van der Waals surface area contributed by atoms with Crippen LogP contribution in [0.15, 0.2) is 16.5 Å². The number of cyclic esters (lactones) is 1. The van der Waals surface area contributed by atoms with Crippen LogP contribution in [0.25, 0.3) is 0 Å². The van der Waals surface area contributed by atoms with E-state index >= 15 is 0 Å². The van der Waals surface area contributed by atoms with E-state index in [0.29, 0.717) is 30.2 Å². The fourth-order valence-electron chi connectivity index (χ4n) is 5.15. The van der Waals surface area contributed by atoms with E-state index in [4.69, 9.17) is 4.74 Å². The molecule has 0 bridgehead atoms. The fourth-order valence-corrected chi connectivity index (χ4v) is 6.76. The van der Waals surface area contributed by atoms with Gasteiger partial charge in [-0.3, -0.25) is 9.69 Å². The predicted molar refractivity (Wildman–Crippen MR) is 123 cm³/mol. The summed E-state index contributed by atoms with van der Waals surface area (Å²) in [6.07, 6.45) is 2.38. The first-order chi connectivity index (χ1) is 16.1. The number of amides is 1. The molecule has 182 valence electrons. The van der Waals surface area contributed by atoms with Crippen LogP contribution in [0.5, 0.6) is 0 Å². The molecule has 2 aromatic rings. The van der Waals surface area contributed by atoms with Crippen LogP contribution in [0, 0.1) is 12.3 Å². The zero-order chi connectivity index (χ0) is 24.3. The summed E-state index contributed by atoms with van der Waals surface area (Å²) in [4.78, 5) is 28.3. The van der Waals surface area contributed by atoms with E-state index < -0.39 is 15.9 Å². The molecule has 1 atom stereocenters. The first-order valence-electron chi connectivity index (χ1n) is 11.1. The first-order valence-corrected chi connectivity index (χ1v) is 13.8. The van der Waals surface area contributed by atoms with Crippen LogP contribution in [0.2, 0.25) is 0 Å². The molecule has 1 N–H and O–H groups in total. The Morgan fingerprint density at radius 3 is 2.65 bits per heavy atom. The monoisotopic (exact) mass is 506 g/mol. The molecule has 1 unspecified atom stereocenters. The molecule has 3 aliphatic rings. The highest BCUT2D eigenvalue weighted by molar-refractivity contribution is 7.92. The number of esters is 1. The number of aromatic nitrogens is 2. The predicted octanol–water partition coefficient (Wildman–Crippen LogP) is 1.47. The van der Waals surface area contributed by atoms with E-state index in [2.05, 4.69) is 15.1 Å². The number of hydrogen-bond acceptors (Lipinski definition) is 10. The molecule has 12 heteroatoms. The van der Waals surface area contributed by atoms with Crippen LogP contribution in [-0.4, -0.2) is 72.9 Å². The van der Waals surface area contributed by atoms with Crippen molar-refractivity contribution in [1.82, 2.24) is 15.1 Å². The number of nitrogens with zero attached hydrogens (tertiary/aromatic N) is 4. The van der Waals surface area contributed by atoms with Gasteiger partial charge >= 0.3 is 5.97 Å². The number of fused-ring (bicyclic) bond motifs is 1.